The lowest BCUT2D eigenvalue weighted by Gasteiger charge is -2.14. The Balaban J connectivity index is 2.70. The maximum Gasteiger partial charge on any atom is 0.180 e. The molecule has 1 heterocycles. The lowest BCUT2D eigenvalue weighted by molar-refractivity contribution is -0.116. The summed E-state index contributed by atoms with van der Waals surface area (Å²) >= 11 is 0. The third kappa shape index (κ3) is 1.32. The van der Waals surface area contributed by atoms with Crippen LogP contribution in [-0.4, -0.2) is 18.0 Å². The van der Waals surface area contributed by atoms with Crippen LogP contribution in [0.3, 0.4) is 0 Å². The first-order valence-corrected chi connectivity index (χ1v) is 3.45. The molecule has 54 valence electrons. The van der Waals surface area contributed by atoms with Gasteiger partial charge in [0.05, 0.1) is 0 Å². The average molecular weight is 137 g/mol. The van der Waals surface area contributed by atoms with Gasteiger partial charge in [-0.1, -0.05) is 13.8 Å². The normalized spacial score (nSPS) is 24.3. The summed E-state index contributed by atoms with van der Waals surface area (Å²) in [4.78, 5) is 15.1. The van der Waals surface area contributed by atoms with E-state index in [1.54, 1.807) is 18.4 Å². The van der Waals surface area contributed by atoms with Gasteiger partial charge in [-0.3, -0.25) is 9.79 Å². The van der Waals surface area contributed by atoms with Crippen LogP contribution >= 0.6 is 0 Å². The zero-order valence-corrected chi connectivity index (χ0v) is 6.24. The fourth-order valence-electron chi connectivity index (χ4n) is 0.953. The Morgan fingerprint density at radius 2 is 2.30 bits per heavy atom. The molecule has 0 N–H and O–H groups in total. The van der Waals surface area contributed by atoms with Gasteiger partial charge in [0.25, 0.3) is 0 Å². The number of carbonyl (C=O) groups is 1. The second kappa shape index (κ2) is 2.78. The molecule has 1 aliphatic rings. The second-order valence-electron chi connectivity index (χ2n) is 2.75. The molecule has 1 rings (SSSR count). The predicted octanol–water partition coefficient (Wildman–Crippen LogP) is 1.22. The van der Waals surface area contributed by atoms with Gasteiger partial charge in [-0.15, -0.1) is 0 Å². The molecule has 0 saturated heterocycles. The van der Waals surface area contributed by atoms with E-state index in [1.807, 2.05) is 13.8 Å². The van der Waals surface area contributed by atoms with Gasteiger partial charge in [-0.25, -0.2) is 0 Å². The van der Waals surface area contributed by atoms with Gasteiger partial charge in [-0.2, -0.15) is 0 Å². The van der Waals surface area contributed by atoms with E-state index in [2.05, 4.69) is 4.99 Å². The smallest absolute Gasteiger partial charge is 0.180 e. The molecule has 0 saturated carbocycles. The molecule has 0 fully saturated rings. The lowest BCUT2D eigenvalue weighted by atomic mass is 9.99. The average Bonchev–Trinajstić information content (AvgIpc) is 1.88. The van der Waals surface area contributed by atoms with Crippen molar-refractivity contribution in [3.63, 3.8) is 0 Å². The molecule has 0 radical (unpaired) electrons. The minimum Gasteiger partial charge on any atom is -0.292 e. The molecule has 0 spiro atoms. The van der Waals surface area contributed by atoms with Crippen molar-refractivity contribution in [1.29, 1.82) is 0 Å². The lowest BCUT2D eigenvalue weighted by Crippen LogP contribution is -2.24. The van der Waals surface area contributed by atoms with Crippen LogP contribution < -0.4 is 0 Å². The molecule has 2 nitrogen and oxygen atoms in total. The van der Waals surface area contributed by atoms with Gasteiger partial charge >= 0.3 is 0 Å². The fourth-order valence-corrected chi connectivity index (χ4v) is 0.953. The van der Waals surface area contributed by atoms with E-state index in [0.717, 1.165) is 0 Å². The van der Waals surface area contributed by atoms with E-state index >= 15 is 0 Å². The number of allylic oxidation sites excluding steroid dienone is 1. The number of dihydropyridines is 1. The summed E-state index contributed by atoms with van der Waals surface area (Å²) in [7, 11) is 0. The Bertz CT molecular complexity index is 191. The molecule has 1 aliphatic heterocycles. The molecule has 0 amide bonds. The standard InChI is InChI=1S/C8H11NO/c1-6(2)8-7(10)4-3-5-9-8/h3-6,8H,1-2H3. The molecule has 1 atom stereocenters. The maximum atomic E-state index is 11.0. The largest absolute Gasteiger partial charge is 0.292 e. The monoisotopic (exact) mass is 137 g/mol. The summed E-state index contributed by atoms with van der Waals surface area (Å²) in [6.45, 7) is 4.00. The Morgan fingerprint density at radius 1 is 1.60 bits per heavy atom. The predicted molar refractivity (Wildman–Crippen MR) is 41.3 cm³/mol. The van der Waals surface area contributed by atoms with Gasteiger partial charge in [0, 0.05) is 6.21 Å². The number of carbonyl (C=O) groups excluding carboxylic acids is 1. The van der Waals surface area contributed by atoms with Crippen molar-refractivity contribution in [3.05, 3.63) is 12.2 Å². The van der Waals surface area contributed by atoms with E-state index < -0.39 is 0 Å². The highest BCUT2D eigenvalue weighted by molar-refractivity contribution is 6.00. The second-order valence-corrected chi connectivity index (χ2v) is 2.75. The Kier molecular flexibility index (Phi) is 2.00. The van der Waals surface area contributed by atoms with Crippen molar-refractivity contribution in [2.75, 3.05) is 0 Å². The summed E-state index contributed by atoms with van der Waals surface area (Å²) in [6.07, 6.45) is 4.95. The summed E-state index contributed by atoms with van der Waals surface area (Å²) in [5.41, 5.74) is 0. The Hall–Kier alpha value is -0.920. The van der Waals surface area contributed by atoms with Gasteiger partial charge in [0.2, 0.25) is 0 Å². The van der Waals surface area contributed by atoms with Crippen molar-refractivity contribution < 1.29 is 4.79 Å². The Morgan fingerprint density at radius 3 is 2.70 bits per heavy atom. The Labute approximate surface area is 60.7 Å². The number of hydrogen-bond donors (Lipinski definition) is 0. The highest BCUT2D eigenvalue weighted by Crippen LogP contribution is 2.09. The van der Waals surface area contributed by atoms with Crippen LogP contribution in [0.1, 0.15) is 13.8 Å². The van der Waals surface area contributed by atoms with Crippen molar-refractivity contribution in [2.24, 2.45) is 10.9 Å². The molecule has 0 bridgehead atoms. The van der Waals surface area contributed by atoms with E-state index in [9.17, 15) is 4.79 Å². The quantitative estimate of drug-likeness (QED) is 0.534. The summed E-state index contributed by atoms with van der Waals surface area (Å²) in [6, 6.07) is -0.134. The highest BCUT2D eigenvalue weighted by atomic mass is 16.1. The molecule has 1 unspecified atom stereocenters. The molecule has 10 heavy (non-hydrogen) atoms. The number of hydrogen-bond acceptors (Lipinski definition) is 2. The van der Waals surface area contributed by atoms with Crippen molar-refractivity contribution in [2.45, 2.75) is 19.9 Å². The van der Waals surface area contributed by atoms with Crippen LogP contribution in [0.15, 0.2) is 17.1 Å². The van der Waals surface area contributed by atoms with E-state index in [-0.39, 0.29) is 11.8 Å². The van der Waals surface area contributed by atoms with Crippen LogP contribution in [0.5, 0.6) is 0 Å². The molecule has 2 heteroatoms. The van der Waals surface area contributed by atoms with Crippen molar-refractivity contribution in [3.8, 4) is 0 Å². The summed E-state index contributed by atoms with van der Waals surface area (Å²) < 4.78 is 0. The number of nitrogens with zero attached hydrogens (tertiary/aromatic N) is 1. The van der Waals surface area contributed by atoms with Gasteiger partial charge < -0.3 is 0 Å². The molecule has 0 aromatic carbocycles. The third-order valence-electron chi connectivity index (χ3n) is 1.52. The van der Waals surface area contributed by atoms with Gasteiger partial charge in [0.15, 0.2) is 5.78 Å². The molecule has 0 aromatic heterocycles. The van der Waals surface area contributed by atoms with E-state index in [1.165, 1.54) is 0 Å². The third-order valence-corrected chi connectivity index (χ3v) is 1.52. The summed E-state index contributed by atoms with van der Waals surface area (Å²) in [5.74, 6) is 0.436. The summed E-state index contributed by atoms with van der Waals surface area (Å²) in [5, 5.41) is 0. The highest BCUT2D eigenvalue weighted by Gasteiger charge is 2.19. The number of aliphatic imine (C=N–C) groups is 1. The first kappa shape index (κ1) is 7.19. The van der Waals surface area contributed by atoms with Crippen LogP contribution in [0.25, 0.3) is 0 Å². The van der Waals surface area contributed by atoms with Gasteiger partial charge in [0.1, 0.15) is 6.04 Å². The minimum atomic E-state index is -0.134. The zero-order chi connectivity index (χ0) is 7.56. The molecule has 0 aliphatic carbocycles. The van der Waals surface area contributed by atoms with E-state index in [0.29, 0.717) is 5.92 Å². The topological polar surface area (TPSA) is 29.4 Å². The fraction of sp³-hybridized carbons (Fsp3) is 0.500. The van der Waals surface area contributed by atoms with Crippen LogP contribution in [0.4, 0.5) is 0 Å². The van der Waals surface area contributed by atoms with Crippen LogP contribution in [0.2, 0.25) is 0 Å². The zero-order valence-electron chi connectivity index (χ0n) is 6.24. The van der Waals surface area contributed by atoms with Gasteiger partial charge in [-0.05, 0) is 18.1 Å². The molecular formula is C8H11NO. The molecule has 0 aromatic rings. The maximum absolute atomic E-state index is 11.0. The first-order chi connectivity index (χ1) is 4.72. The van der Waals surface area contributed by atoms with Crippen LogP contribution in [-0.2, 0) is 4.79 Å². The molecular weight excluding hydrogens is 126 g/mol. The number of rotatable bonds is 1. The van der Waals surface area contributed by atoms with E-state index in [4.69, 9.17) is 0 Å². The van der Waals surface area contributed by atoms with Crippen LogP contribution in [0, 0.1) is 5.92 Å². The van der Waals surface area contributed by atoms with Crippen molar-refractivity contribution >= 4 is 12.0 Å². The number of ketones is 1. The first-order valence-electron chi connectivity index (χ1n) is 3.45. The van der Waals surface area contributed by atoms with Crippen molar-refractivity contribution in [1.82, 2.24) is 0 Å². The SMILES string of the molecule is CC(C)C1N=CC=CC1=O. The minimum absolute atomic E-state index is 0.123.